The average molecular weight is 641 g/mol. The molecular weight excluding hydrogens is 608 g/mol. The molecule has 0 spiro atoms. The number of nitrogens with zero attached hydrogens (tertiary/aromatic N) is 3. The molecule has 4 fully saturated rings. The van der Waals surface area contributed by atoms with Crippen LogP contribution in [0, 0.1) is 17.2 Å². The highest BCUT2D eigenvalue weighted by Gasteiger charge is 2.75. The van der Waals surface area contributed by atoms with Crippen molar-refractivity contribution in [1.82, 2.24) is 14.5 Å². The smallest absolute Gasteiger partial charge is 0.366 e. The number of rotatable bonds is 7. The van der Waals surface area contributed by atoms with Gasteiger partial charge in [0.2, 0.25) is 15.9 Å². The van der Waals surface area contributed by atoms with Gasteiger partial charge in [-0.25, -0.2) is 12.8 Å². The van der Waals surface area contributed by atoms with Crippen molar-refractivity contribution in [2.24, 2.45) is 16.3 Å². The Kier molecular flexibility index (Phi) is 7.17. The first-order valence-corrected chi connectivity index (χ1v) is 16.1. The SMILES string of the molecule is CC1(C)NC(C23CC(N(Cc4ccc(Cl)c(F)c4)S(=O)(=O)c4ccccc4)(C2)C3)=N[C@H]1C(=O)N1CCC[C@H](C(F)(F)F)C1. The third-order valence-electron chi connectivity index (χ3n) is 9.49. The molecular formula is C30H33ClF4N4O3S. The van der Waals surface area contributed by atoms with Gasteiger partial charge in [-0.2, -0.15) is 17.5 Å². The minimum Gasteiger partial charge on any atom is -0.366 e. The number of carbonyl (C=O) groups is 1. The van der Waals surface area contributed by atoms with Crippen LogP contribution >= 0.6 is 11.6 Å². The van der Waals surface area contributed by atoms with Gasteiger partial charge in [0.1, 0.15) is 11.7 Å². The topological polar surface area (TPSA) is 82.1 Å². The molecule has 1 saturated heterocycles. The summed E-state index contributed by atoms with van der Waals surface area (Å²) < 4.78 is 83.8. The standard InChI is InChI=1S/C30H33ClF4N4O3S/c1-27(2)24(25(40)38-12-6-7-20(15-38)30(33,34)35)36-26(37-27)28-16-29(17-28,18-28)39(14-19-10-11-22(31)23(32)13-19)43(41,42)21-8-4-3-5-9-21/h3-5,8-11,13,20,24H,6-7,12,14-18H2,1-2H3,(H,36,37)/t20-,24-,28?,29?/m0/s1. The Bertz CT molecular complexity index is 1560. The number of nitrogens with one attached hydrogen (secondary N) is 1. The number of carbonyl (C=O) groups excluding carboxylic acids is 1. The second kappa shape index (κ2) is 10.2. The van der Waals surface area contributed by atoms with Crippen molar-refractivity contribution in [2.45, 2.75) is 80.7 Å². The number of hydrogen-bond donors (Lipinski definition) is 1. The Balaban J connectivity index is 1.24. The quantitative estimate of drug-likeness (QED) is 0.403. The van der Waals surface area contributed by atoms with E-state index in [-0.39, 0.29) is 42.4 Å². The lowest BCUT2D eigenvalue weighted by atomic mass is 9.38. The highest BCUT2D eigenvalue weighted by Crippen LogP contribution is 2.71. The maximum Gasteiger partial charge on any atom is 0.393 e. The van der Waals surface area contributed by atoms with Gasteiger partial charge in [-0.05, 0) is 75.8 Å². The summed E-state index contributed by atoms with van der Waals surface area (Å²) in [4.78, 5) is 19.6. The molecule has 13 heteroatoms. The molecule has 2 heterocycles. The number of alkyl halides is 3. The Hall–Kier alpha value is -2.70. The van der Waals surface area contributed by atoms with Crippen molar-refractivity contribution in [3.05, 3.63) is 64.9 Å². The van der Waals surface area contributed by atoms with Gasteiger partial charge in [-0.1, -0.05) is 35.9 Å². The molecule has 1 amide bonds. The van der Waals surface area contributed by atoms with E-state index in [0.29, 0.717) is 30.7 Å². The number of benzene rings is 2. The van der Waals surface area contributed by atoms with Crippen LogP contribution in [-0.4, -0.2) is 65.8 Å². The minimum absolute atomic E-state index is 0.00432. The molecule has 43 heavy (non-hydrogen) atoms. The fourth-order valence-electron chi connectivity index (χ4n) is 7.23. The lowest BCUT2D eigenvalue weighted by Gasteiger charge is -2.73. The Morgan fingerprint density at radius 1 is 1.14 bits per heavy atom. The van der Waals surface area contributed by atoms with Gasteiger partial charge >= 0.3 is 6.18 Å². The molecule has 5 aliphatic rings. The van der Waals surface area contributed by atoms with Gasteiger partial charge in [0, 0.05) is 30.6 Å². The fourth-order valence-corrected chi connectivity index (χ4v) is 9.12. The van der Waals surface area contributed by atoms with Gasteiger partial charge in [-0.3, -0.25) is 9.79 Å². The Labute approximate surface area is 253 Å². The normalized spacial score (nSPS) is 29.9. The molecule has 7 nitrogen and oxygen atoms in total. The van der Waals surface area contributed by atoms with E-state index in [0.717, 1.165) is 0 Å². The van der Waals surface area contributed by atoms with E-state index in [1.165, 1.54) is 33.5 Å². The van der Waals surface area contributed by atoms with Crippen molar-refractivity contribution >= 4 is 33.4 Å². The zero-order valence-corrected chi connectivity index (χ0v) is 25.4. The summed E-state index contributed by atoms with van der Waals surface area (Å²) >= 11 is 5.86. The summed E-state index contributed by atoms with van der Waals surface area (Å²) in [7, 11) is -3.97. The third-order valence-corrected chi connectivity index (χ3v) is 11.8. The average Bonchev–Trinajstić information content (AvgIpc) is 3.22. The number of halogens is 5. The van der Waals surface area contributed by atoms with Gasteiger partial charge < -0.3 is 10.2 Å². The molecule has 2 atom stereocenters. The van der Waals surface area contributed by atoms with E-state index in [1.54, 1.807) is 38.1 Å². The second-order valence-corrected chi connectivity index (χ2v) is 15.3. The molecule has 3 saturated carbocycles. The van der Waals surface area contributed by atoms with E-state index in [4.69, 9.17) is 16.6 Å². The number of hydrogen-bond acceptors (Lipinski definition) is 5. The van der Waals surface area contributed by atoms with E-state index < -0.39 is 56.4 Å². The number of aliphatic imine (C=N–C) groups is 1. The number of amidine groups is 1. The largest absolute Gasteiger partial charge is 0.393 e. The maximum atomic E-state index is 14.3. The molecule has 2 bridgehead atoms. The van der Waals surface area contributed by atoms with Crippen molar-refractivity contribution in [2.75, 3.05) is 13.1 Å². The highest BCUT2D eigenvalue weighted by atomic mass is 35.5. The van der Waals surface area contributed by atoms with Crippen LogP contribution in [0.25, 0.3) is 0 Å². The fraction of sp³-hybridized carbons (Fsp3) is 0.533. The first kappa shape index (κ1) is 30.3. The molecule has 7 rings (SSSR count). The van der Waals surface area contributed by atoms with E-state index in [9.17, 15) is 30.8 Å². The number of amides is 1. The van der Waals surface area contributed by atoms with Crippen LogP contribution in [0.3, 0.4) is 0 Å². The summed E-state index contributed by atoms with van der Waals surface area (Å²) in [5, 5.41) is 3.31. The molecule has 2 aliphatic heterocycles. The summed E-state index contributed by atoms with van der Waals surface area (Å²) in [5.74, 6) is -2.02. The molecule has 2 aromatic carbocycles. The molecule has 0 radical (unpaired) electrons. The zero-order valence-electron chi connectivity index (χ0n) is 23.8. The molecule has 0 unspecified atom stereocenters. The van der Waals surface area contributed by atoms with E-state index in [2.05, 4.69) is 5.32 Å². The molecule has 1 N–H and O–H groups in total. The minimum atomic E-state index is -4.36. The third kappa shape index (κ3) is 5.12. The highest BCUT2D eigenvalue weighted by molar-refractivity contribution is 7.89. The van der Waals surface area contributed by atoms with Crippen LogP contribution in [-0.2, 0) is 21.4 Å². The number of likely N-dealkylation sites (tertiary alicyclic amines) is 1. The van der Waals surface area contributed by atoms with Crippen LogP contribution in [0.15, 0.2) is 58.4 Å². The second-order valence-electron chi connectivity index (χ2n) is 13.0. The van der Waals surface area contributed by atoms with Gasteiger partial charge in [0.25, 0.3) is 0 Å². The first-order valence-electron chi connectivity index (χ1n) is 14.3. The van der Waals surface area contributed by atoms with E-state index in [1.807, 2.05) is 0 Å². The van der Waals surface area contributed by atoms with Crippen molar-refractivity contribution in [1.29, 1.82) is 0 Å². The van der Waals surface area contributed by atoms with Gasteiger partial charge in [-0.15, -0.1) is 0 Å². The van der Waals surface area contributed by atoms with Crippen molar-refractivity contribution in [3.8, 4) is 0 Å². The summed E-state index contributed by atoms with van der Waals surface area (Å²) in [6.45, 7) is 3.45. The Morgan fingerprint density at radius 2 is 1.81 bits per heavy atom. The predicted molar refractivity (Wildman–Crippen MR) is 153 cm³/mol. The van der Waals surface area contributed by atoms with Crippen LogP contribution in [0.5, 0.6) is 0 Å². The molecule has 2 aromatic rings. The lowest BCUT2D eigenvalue weighted by Crippen LogP contribution is -2.78. The summed E-state index contributed by atoms with van der Waals surface area (Å²) in [5.41, 5.74) is -1.56. The van der Waals surface area contributed by atoms with Crippen LogP contribution in [0.1, 0.15) is 51.5 Å². The van der Waals surface area contributed by atoms with Gasteiger partial charge in [0.15, 0.2) is 6.04 Å². The van der Waals surface area contributed by atoms with Crippen LogP contribution in [0.2, 0.25) is 5.02 Å². The monoisotopic (exact) mass is 640 g/mol. The lowest BCUT2D eigenvalue weighted by molar-refractivity contribution is -0.188. The molecule has 0 aromatic heterocycles. The van der Waals surface area contributed by atoms with Crippen molar-refractivity contribution in [3.63, 3.8) is 0 Å². The first-order chi connectivity index (χ1) is 20.1. The summed E-state index contributed by atoms with van der Waals surface area (Å²) in [6.07, 6.45) is -2.73. The van der Waals surface area contributed by atoms with Crippen molar-refractivity contribution < 1.29 is 30.8 Å². The number of sulfonamides is 1. The molecule has 3 aliphatic carbocycles. The number of piperidine rings is 1. The molecule has 232 valence electrons. The maximum absolute atomic E-state index is 14.3. The van der Waals surface area contributed by atoms with Gasteiger partial charge in [0.05, 0.1) is 21.4 Å². The zero-order chi connectivity index (χ0) is 31.0. The van der Waals surface area contributed by atoms with Crippen LogP contribution in [0.4, 0.5) is 17.6 Å². The Morgan fingerprint density at radius 3 is 2.44 bits per heavy atom. The predicted octanol–water partition coefficient (Wildman–Crippen LogP) is 5.54. The van der Waals surface area contributed by atoms with Crippen LogP contribution < -0.4 is 5.32 Å². The summed E-state index contributed by atoms with van der Waals surface area (Å²) in [6, 6.07) is 11.4. The van der Waals surface area contributed by atoms with E-state index >= 15 is 0 Å².